The highest BCUT2D eigenvalue weighted by Crippen LogP contribution is 2.42. The van der Waals surface area contributed by atoms with E-state index in [1.165, 1.54) is 22.2 Å². The fraction of sp³-hybridized carbons (Fsp3) is 0.462. The first-order valence-electron chi connectivity index (χ1n) is 10.9. The fourth-order valence-corrected chi connectivity index (χ4v) is 4.70. The molecule has 3 aromatic rings. The van der Waals surface area contributed by atoms with Crippen molar-refractivity contribution < 1.29 is 15.2 Å². The standard InChI is InChI=1S/C26H34N2O2/c1-25(2,3)19-12-15(13-20(24(19)29)26(4,5)6)22-23-17(10-11-27-22)18-14-16(30-7)8-9-21(18)28-23/h8-9,12-14,22,27-29H,10-11H2,1-7H3/p+1/t22-/m0/s1. The van der Waals surface area contributed by atoms with Crippen molar-refractivity contribution in [2.75, 3.05) is 13.7 Å². The van der Waals surface area contributed by atoms with Gasteiger partial charge in [-0.25, -0.2) is 0 Å². The molecule has 0 fully saturated rings. The number of nitrogens with two attached hydrogens (primary N) is 1. The van der Waals surface area contributed by atoms with Gasteiger partial charge in [0.25, 0.3) is 0 Å². The van der Waals surface area contributed by atoms with E-state index in [1.54, 1.807) is 7.11 Å². The molecule has 1 aromatic heterocycles. The minimum atomic E-state index is -0.134. The lowest BCUT2D eigenvalue weighted by Gasteiger charge is -2.30. The zero-order valence-electron chi connectivity index (χ0n) is 19.3. The van der Waals surface area contributed by atoms with Gasteiger partial charge in [-0.15, -0.1) is 0 Å². The van der Waals surface area contributed by atoms with Gasteiger partial charge in [0.05, 0.1) is 19.3 Å². The third-order valence-electron chi connectivity index (χ3n) is 6.36. The lowest BCUT2D eigenvalue weighted by Crippen LogP contribution is -2.87. The predicted octanol–water partition coefficient (Wildman–Crippen LogP) is 4.69. The van der Waals surface area contributed by atoms with Crippen LogP contribution in [0.5, 0.6) is 11.5 Å². The summed E-state index contributed by atoms with van der Waals surface area (Å²) < 4.78 is 5.46. The molecule has 4 nitrogen and oxygen atoms in total. The molecule has 0 aliphatic carbocycles. The van der Waals surface area contributed by atoms with E-state index in [4.69, 9.17) is 4.74 Å². The molecule has 0 spiro atoms. The summed E-state index contributed by atoms with van der Waals surface area (Å²) in [7, 11) is 1.72. The number of aromatic amines is 1. The second-order valence-corrected chi connectivity index (χ2v) is 10.6. The number of aromatic hydroxyl groups is 1. The van der Waals surface area contributed by atoms with Gasteiger partial charge in [0.15, 0.2) is 6.04 Å². The minimum absolute atomic E-state index is 0.134. The number of methoxy groups -OCH3 is 1. The van der Waals surface area contributed by atoms with Gasteiger partial charge in [0.2, 0.25) is 0 Å². The van der Waals surface area contributed by atoms with Gasteiger partial charge in [-0.2, -0.15) is 0 Å². The van der Waals surface area contributed by atoms with Crippen molar-refractivity contribution in [3.8, 4) is 11.5 Å². The van der Waals surface area contributed by atoms with Crippen LogP contribution in [0.1, 0.15) is 75.5 Å². The van der Waals surface area contributed by atoms with Gasteiger partial charge in [-0.1, -0.05) is 41.5 Å². The van der Waals surface area contributed by atoms with Gasteiger partial charge in [-0.05, 0) is 46.7 Å². The lowest BCUT2D eigenvalue weighted by molar-refractivity contribution is -0.690. The summed E-state index contributed by atoms with van der Waals surface area (Å²) in [6, 6.07) is 10.9. The van der Waals surface area contributed by atoms with E-state index in [0.29, 0.717) is 5.75 Å². The number of rotatable bonds is 2. The number of hydrogen-bond acceptors (Lipinski definition) is 2. The number of hydrogen-bond donors (Lipinski definition) is 3. The largest absolute Gasteiger partial charge is 0.507 e. The number of H-pyrrole nitrogens is 1. The number of nitrogens with one attached hydrogen (secondary N) is 1. The Labute approximate surface area is 179 Å². The number of phenols is 1. The van der Waals surface area contributed by atoms with E-state index in [-0.39, 0.29) is 16.9 Å². The van der Waals surface area contributed by atoms with Gasteiger partial charge >= 0.3 is 0 Å². The van der Waals surface area contributed by atoms with Gasteiger partial charge < -0.3 is 20.1 Å². The first-order chi connectivity index (χ1) is 14.0. The predicted molar refractivity (Wildman–Crippen MR) is 123 cm³/mol. The van der Waals surface area contributed by atoms with E-state index < -0.39 is 0 Å². The first kappa shape index (κ1) is 20.8. The summed E-state index contributed by atoms with van der Waals surface area (Å²) in [5, 5.41) is 14.8. The topological polar surface area (TPSA) is 61.9 Å². The van der Waals surface area contributed by atoms with Gasteiger partial charge in [0, 0.05) is 34.0 Å². The summed E-state index contributed by atoms with van der Waals surface area (Å²) >= 11 is 0. The van der Waals surface area contributed by atoms with E-state index in [0.717, 1.165) is 35.4 Å². The van der Waals surface area contributed by atoms with Crippen LogP contribution in [0.15, 0.2) is 30.3 Å². The molecule has 30 heavy (non-hydrogen) atoms. The molecule has 0 radical (unpaired) electrons. The number of aromatic nitrogens is 1. The Hall–Kier alpha value is -2.46. The molecule has 0 unspecified atom stereocenters. The van der Waals surface area contributed by atoms with Crippen LogP contribution in [0, 0.1) is 0 Å². The summed E-state index contributed by atoms with van der Waals surface area (Å²) in [6.45, 7) is 14.1. The Balaban J connectivity index is 1.92. The highest BCUT2D eigenvalue weighted by atomic mass is 16.5. The van der Waals surface area contributed by atoms with Crippen molar-refractivity contribution >= 4 is 10.9 Å². The third-order valence-corrected chi connectivity index (χ3v) is 6.36. The average molecular weight is 408 g/mol. The second kappa shape index (κ2) is 7.05. The third kappa shape index (κ3) is 3.47. The molecule has 2 heterocycles. The molecular formula is C26H35N2O2+. The van der Waals surface area contributed by atoms with Crippen LogP contribution in [0.3, 0.4) is 0 Å². The van der Waals surface area contributed by atoms with Crippen molar-refractivity contribution in [2.45, 2.75) is 64.8 Å². The van der Waals surface area contributed by atoms with Crippen LogP contribution in [-0.2, 0) is 17.3 Å². The van der Waals surface area contributed by atoms with Crippen LogP contribution < -0.4 is 10.1 Å². The number of benzene rings is 2. The molecule has 1 aliphatic heterocycles. The zero-order chi connectivity index (χ0) is 21.8. The molecule has 0 amide bonds. The van der Waals surface area contributed by atoms with E-state index in [1.807, 2.05) is 6.07 Å². The molecule has 4 heteroatoms. The highest BCUT2D eigenvalue weighted by molar-refractivity contribution is 5.86. The van der Waals surface area contributed by atoms with Crippen LogP contribution in [-0.4, -0.2) is 23.7 Å². The lowest BCUT2D eigenvalue weighted by atomic mass is 9.77. The van der Waals surface area contributed by atoms with E-state index in [2.05, 4.69) is 76.1 Å². The molecule has 4 N–H and O–H groups in total. The molecule has 0 bridgehead atoms. The summed E-state index contributed by atoms with van der Waals surface area (Å²) in [5.41, 5.74) is 6.84. The van der Waals surface area contributed by atoms with Crippen LogP contribution in [0.25, 0.3) is 10.9 Å². The second-order valence-electron chi connectivity index (χ2n) is 10.6. The number of quaternary nitrogens is 1. The van der Waals surface area contributed by atoms with Crippen molar-refractivity contribution in [1.82, 2.24) is 4.98 Å². The maximum atomic E-state index is 11.1. The van der Waals surface area contributed by atoms with Crippen LogP contribution in [0.4, 0.5) is 0 Å². The van der Waals surface area contributed by atoms with Gasteiger partial charge in [-0.3, -0.25) is 0 Å². The summed E-state index contributed by atoms with van der Waals surface area (Å²) in [6.07, 6.45) is 1.04. The normalized spacial score (nSPS) is 17.2. The molecule has 1 atom stereocenters. The Morgan fingerprint density at radius 1 is 1.00 bits per heavy atom. The van der Waals surface area contributed by atoms with E-state index >= 15 is 0 Å². The average Bonchev–Trinajstić information content (AvgIpc) is 3.04. The van der Waals surface area contributed by atoms with Crippen LogP contribution >= 0.6 is 0 Å². The maximum absolute atomic E-state index is 11.1. The Kier molecular flexibility index (Phi) is 4.89. The quantitative estimate of drug-likeness (QED) is 0.577. The molecule has 2 aromatic carbocycles. The molecule has 160 valence electrons. The Morgan fingerprint density at radius 2 is 1.63 bits per heavy atom. The van der Waals surface area contributed by atoms with Gasteiger partial charge in [0.1, 0.15) is 11.5 Å². The highest BCUT2D eigenvalue weighted by Gasteiger charge is 2.33. The van der Waals surface area contributed by atoms with E-state index in [9.17, 15) is 5.11 Å². The first-order valence-corrected chi connectivity index (χ1v) is 10.9. The zero-order valence-corrected chi connectivity index (χ0v) is 19.3. The SMILES string of the molecule is COc1ccc2[nH]c3c(c2c1)CC[NH2+][C@H]3c1cc(C(C)(C)C)c(O)c(C(C)(C)C)c1. The number of ether oxygens (including phenoxy) is 1. The van der Waals surface area contributed by atoms with Crippen molar-refractivity contribution in [3.63, 3.8) is 0 Å². The molecule has 0 saturated heterocycles. The minimum Gasteiger partial charge on any atom is -0.507 e. The summed E-state index contributed by atoms with van der Waals surface area (Å²) in [4.78, 5) is 3.70. The molecule has 4 rings (SSSR count). The molecular weight excluding hydrogens is 372 g/mol. The Morgan fingerprint density at radius 3 is 2.20 bits per heavy atom. The number of phenolic OH excluding ortho intramolecular Hbond substituents is 1. The monoisotopic (exact) mass is 407 g/mol. The molecule has 1 aliphatic rings. The summed E-state index contributed by atoms with van der Waals surface area (Å²) in [5.74, 6) is 1.33. The van der Waals surface area contributed by atoms with Crippen molar-refractivity contribution in [2.24, 2.45) is 0 Å². The van der Waals surface area contributed by atoms with Crippen LogP contribution in [0.2, 0.25) is 0 Å². The molecule has 0 saturated carbocycles. The fourth-order valence-electron chi connectivity index (χ4n) is 4.70. The van der Waals surface area contributed by atoms with Crippen molar-refractivity contribution in [1.29, 1.82) is 0 Å². The van der Waals surface area contributed by atoms with Crippen molar-refractivity contribution in [3.05, 3.63) is 58.3 Å². The smallest absolute Gasteiger partial charge is 0.153 e. The Bertz CT molecular complexity index is 1060. The maximum Gasteiger partial charge on any atom is 0.153 e. The number of fused-ring (bicyclic) bond motifs is 3.